The third-order valence-electron chi connectivity index (χ3n) is 3.54. The number of aliphatic imine (C=N–C) groups is 1. The number of nitrogens with one attached hydrogen (secondary N) is 1. The lowest BCUT2D eigenvalue weighted by molar-refractivity contribution is 0.146. The summed E-state index contributed by atoms with van der Waals surface area (Å²) in [5.41, 5.74) is 5.06. The molecular weight excluding hydrogens is 266 g/mol. The molecule has 0 radical (unpaired) electrons. The molecule has 0 spiro atoms. The Balaban J connectivity index is 2.08. The Hall–Kier alpha value is -1.79. The second-order valence-electron chi connectivity index (χ2n) is 4.96. The van der Waals surface area contributed by atoms with Gasteiger partial charge in [0.2, 0.25) is 5.96 Å². The molecule has 0 saturated carbocycles. The van der Waals surface area contributed by atoms with Crippen molar-refractivity contribution in [2.45, 2.75) is 13.3 Å². The number of guanidine groups is 1. The van der Waals surface area contributed by atoms with Crippen molar-refractivity contribution in [3.8, 4) is 0 Å². The monoisotopic (exact) mass is 291 g/mol. The fourth-order valence-electron chi connectivity index (χ4n) is 2.43. The SMILES string of the molecule is CCOCCCN=C(NN)N1CCN(C)c2ccccc21. The topological polar surface area (TPSA) is 66.1 Å². The van der Waals surface area contributed by atoms with Gasteiger partial charge in [-0.25, -0.2) is 5.84 Å². The molecule has 0 fully saturated rings. The first kappa shape index (κ1) is 15.6. The van der Waals surface area contributed by atoms with Crippen LogP contribution in [-0.4, -0.2) is 45.9 Å². The fraction of sp³-hybridized carbons (Fsp3) is 0.533. The molecule has 1 aliphatic rings. The number of hydrogen-bond donors (Lipinski definition) is 2. The maximum absolute atomic E-state index is 5.67. The van der Waals surface area contributed by atoms with Crippen molar-refractivity contribution >= 4 is 17.3 Å². The van der Waals surface area contributed by atoms with Crippen LogP contribution in [0.1, 0.15) is 13.3 Å². The van der Waals surface area contributed by atoms with Gasteiger partial charge < -0.3 is 14.5 Å². The van der Waals surface area contributed by atoms with Crippen molar-refractivity contribution in [3.05, 3.63) is 24.3 Å². The number of likely N-dealkylation sites (N-methyl/N-ethyl adjacent to an activating group) is 1. The van der Waals surface area contributed by atoms with Crippen LogP contribution in [0.15, 0.2) is 29.3 Å². The number of rotatable bonds is 5. The van der Waals surface area contributed by atoms with Crippen molar-refractivity contribution in [2.24, 2.45) is 10.8 Å². The van der Waals surface area contributed by atoms with Gasteiger partial charge in [-0.2, -0.15) is 0 Å². The zero-order chi connectivity index (χ0) is 15.1. The summed E-state index contributed by atoms with van der Waals surface area (Å²) in [4.78, 5) is 8.95. The van der Waals surface area contributed by atoms with Gasteiger partial charge in [0.15, 0.2) is 0 Å². The standard InChI is InChI=1S/C15H25N5O/c1-3-21-12-6-9-17-15(18-16)20-11-10-19(2)13-7-4-5-8-14(13)20/h4-5,7-8H,3,6,9-12,16H2,1-2H3,(H,17,18). The molecule has 0 bridgehead atoms. The van der Waals surface area contributed by atoms with Gasteiger partial charge in [0.1, 0.15) is 0 Å². The Labute approximate surface area is 126 Å². The van der Waals surface area contributed by atoms with Gasteiger partial charge >= 0.3 is 0 Å². The van der Waals surface area contributed by atoms with Crippen LogP contribution in [0.2, 0.25) is 0 Å². The predicted molar refractivity (Wildman–Crippen MR) is 87.8 cm³/mol. The van der Waals surface area contributed by atoms with Gasteiger partial charge in [0, 0.05) is 39.9 Å². The van der Waals surface area contributed by atoms with E-state index in [9.17, 15) is 0 Å². The molecule has 2 rings (SSSR count). The molecule has 1 aromatic carbocycles. The van der Waals surface area contributed by atoms with E-state index >= 15 is 0 Å². The summed E-state index contributed by atoms with van der Waals surface area (Å²) in [6.07, 6.45) is 0.897. The van der Waals surface area contributed by atoms with Gasteiger partial charge in [-0.15, -0.1) is 0 Å². The Morgan fingerprint density at radius 3 is 2.81 bits per heavy atom. The Kier molecular flexibility index (Phi) is 5.83. The smallest absolute Gasteiger partial charge is 0.213 e. The first-order valence-electron chi connectivity index (χ1n) is 7.44. The molecule has 116 valence electrons. The minimum Gasteiger partial charge on any atom is -0.382 e. The highest BCUT2D eigenvalue weighted by molar-refractivity contribution is 5.99. The van der Waals surface area contributed by atoms with E-state index < -0.39 is 0 Å². The van der Waals surface area contributed by atoms with E-state index in [0.29, 0.717) is 12.5 Å². The van der Waals surface area contributed by atoms with E-state index in [2.05, 4.69) is 39.4 Å². The van der Waals surface area contributed by atoms with Gasteiger partial charge in [0.05, 0.1) is 11.4 Å². The van der Waals surface area contributed by atoms with E-state index in [1.54, 1.807) is 0 Å². The van der Waals surface area contributed by atoms with E-state index in [1.807, 2.05) is 19.1 Å². The van der Waals surface area contributed by atoms with Crippen molar-refractivity contribution in [3.63, 3.8) is 0 Å². The number of hydrogen-bond acceptors (Lipinski definition) is 4. The van der Waals surface area contributed by atoms with E-state index in [4.69, 9.17) is 10.6 Å². The van der Waals surface area contributed by atoms with Crippen LogP contribution in [-0.2, 0) is 4.74 Å². The summed E-state index contributed by atoms with van der Waals surface area (Å²) in [7, 11) is 2.10. The van der Waals surface area contributed by atoms with Gasteiger partial charge in [0.25, 0.3) is 0 Å². The van der Waals surface area contributed by atoms with Crippen molar-refractivity contribution in [2.75, 3.05) is 49.7 Å². The van der Waals surface area contributed by atoms with Gasteiger partial charge in [-0.3, -0.25) is 10.4 Å². The molecule has 0 unspecified atom stereocenters. The zero-order valence-corrected chi connectivity index (χ0v) is 12.9. The Morgan fingerprint density at radius 1 is 1.33 bits per heavy atom. The lowest BCUT2D eigenvalue weighted by Crippen LogP contribution is -2.50. The predicted octanol–water partition coefficient (Wildman–Crippen LogP) is 1.19. The average molecular weight is 291 g/mol. The maximum Gasteiger partial charge on any atom is 0.213 e. The van der Waals surface area contributed by atoms with Crippen molar-refractivity contribution in [1.82, 2.24) is 5.43 Å². The summed E-state index contributed by atoms with van der Waals surface area (Å²) in [6, 6.07) is 8.30. The van der Waals surface area contributed by atoms with E-state index in [1.165, 1.54) is 5.69 Å². The number of nitrogens with zero attached hydrogens (tertiary/aromatic N) is 3. The van der Waals surface area contributed by atoms with Gasteiger partial charge in [-0.05, 0) is 25.5 Å². The average Bonchev–Trinajstić information content (AvgIpc) is 2.52. The molecule has 21 heavy (non-hydrogen) atoms. The molecule has 1 heterocycles. The Morgan fingerprint density at radius 2 is 2.10 bits per heavy atom. The quantitative estimate of drug-likeness (QED) is 0.280. The Bertz CT molecular complexity index is 477. The summed E-state index contributed by atoms with van der Waals surface area (Å²) in [5, 5.41) is 0. The molecule has 6 nitrogen and oxygen atoms in total. The molecule has 0 amide bonds. The lowest BCUT2D eigenvalue weighted by atomic mass is 10.2. The molecule has 0 atom stereocenters. The first-order chi connectivity index (χ1) is 10.3. The molecule has 0 saturated heterocycles. The second-order valence-corrected chi connectivity index (χ2v) is 4.96. The highest BCUT2D eigenvalue weighted by Gasteiger charge is 2.22. The minimum atomic E-state index is 0.702. The number of nitrogens with two attached hydrogens (primary N) is 1. The number of benzene rings is 1. The second kappa shape index (κ2) is 7.85. The first-order valence-corrected chi connectivity index (χ1v) is 7.44. The molecular formula is C15H25N5O. The number of ether oxygens (including phenoxy) is 1. The van der Waals surface area contributed by atoms with Crippen LogP contribution in [0.4, 0.5) is 11.4 Å². The maximum atomic E-state index is 5.67. The number of fused-ring (bicyclic) bond motifs is 1. The minimum absolute atomic E-state index is 0.702. The van der Waals surface area contributed by atoms with Crippen molar-refractivity contribution in [1.29, 1.82) is 0 Å². The third kappa shape index (κ3) is 3.86. The molecule has 6 heteroatoms. The largest absolute Gasteiger partial charge is 0.382 e. The molecule has 0 aliphatic carbocycles. The van der Waals surface area contributed by atoms with Crippen LogP contribution in [0, 0.1) is 0 Å². The highest BCUT2D eigenvalue weighted by Crippen LogP contribution is 2.31. The van der Waals surface area contributed by atoms with E-state index in [0.717, 1.165) is 38.4 Å². The van der Waals surface area contributed by atoms with Crippen LogP contribution < -0.4 is 21.1 Å². The molecule has 1 aliphatic heterocycles. The summed E-state index contributed by atoms with van der Waals surface area (Å²) in [5.74, 6) is 6.38. The lowest BCUT2D eigenvalue weighted by Gasteiger charge is -2.36. The van der Waals surface area contributed by atoms with Gasteiger partial charge in [-0.1, -0.05) is 12.1 Å². The van der Waals surface area contributed by atoms with Crippen LogP contribution >= 0.6 is 0 Å². The normalized spacial score (nSPS) is 15.1. The third-order valence-corrected chi connectivity index (χ3v) is 3.54. The summed E-state index contributed by atoms with van der Waals surface area (Å²) in [6.45, 7) is 5.98. The summed E-state index contributed by atoms with van der Waals surface area (Å²) >= 11 is 0. The van der Waals surface area contributed by atoms with Crippen LogP contribution in [0.5, 0.6) is 0 Å². The van der Waals surface area contributed by atoms with Crippen molar-refractivity contribution < 1.29 is 4.74 Å². The zero-order valence-electron chi connectivity index (χ0n) is 12.9. The highest BCUT2D eigenvalue weighted by atomic mass is 16.5. The fourth-order valence-corrected chi connectivity index (χ4v) is 2.43. The van der Waals surface area contributed by atoms with E-state index in [-0.39, 0.29) is 0 Å². The van der Waals surface area contributed by atoms with Crippen LogP contribution in [0.25, 0.3) is 0 Å². The molecule has 3 N–H and O–H groups in total. The number of para-hydroxylation sites is 2. The van der Waals surface area contributed by atoms with Crippen LogP contribution in [0.3, 0.4) is 0 Å². The number of hydrazine groups is 1. The molecule has 1 aromatic rings. The number of anilines is 2. The molecule has 0 aromatic heterocycles. The summed E-state index contributed by atoms with van der Waals surface area (Å²) < 4.78 is 5.32.